The fraction of sp³-hybridized carbons (Fsp3) is 0.902. The summed E-state index contributed by atoms with van der Waals surface area (Å²) in [7, 11) is 0. The molecule has 12 saturated carbocycles. The zero-order chi connectivity index (χ0) is 37.7. The Kier molecular flexibility index (Phi) is 7.67. The van der Waals surface area contributed by atoms with E-state index < -0.39 is 56.5 Å². The van der Waals surface area contributed by atoms with Gasteiger partial charge in [-0.05, 0) is 139 Å². The van der Waals surface area contributed by atoms with Crippen molar-refractivity contribution in [2.75, 3.05) is 26.4 Å². The van der Waals surface area contributed by atoms with Crippen LogP contribution in [0.1, 0.15) is 116 Å². The Morgan fingerprint density at radius 3 is 1.44 bits per heavy atom. The summed E-state index contributed by atoms with van der Waals surface area (Å²) in [5, 5.41) is 22.7. The molecular formula is C41H54F2O11. The number of carbonyl (C=O) groups is 4. The molecule has 0 aromatic carbocycles. The molecule has 1 heterocycles. The van der Waals surface area contributed by atoms with Crippen molar-refractivity contribution in [3.63, 3.8) is 0 Å². The molecule has 6 unspecified atom stereocenters. The van der Waals surface area contributed by atoms with Gasteiger partial charge in [0.2, 0.25) is 0 Å². The summed E-state index contributed by atoms with van der Waals surface area (Å²) in [6, 6.07) is 0. The van der Waals surface area contributed by atoms with Gasteiger partial charge >= 0.3 is 29.8 Å². The van der Waals surface area contributed by atoms with Gasteiger partial charge in [-0.3, -0.25) is 14.4 Å². The van der Waals surface area contributed by atoms with Crippen LogP contribution in [0.4, 0.5) is 8.78 Å². The number of carbonyl (C=O) groups excluding carboxylic acids is 4. The number of ether oxygens (including phenoxy) is 5. The average Bonchev–Trinajstić information content (AvgIpc) is 3.06. The molecule has 54 heavy (non-hydrogen) atoms. The van der Waals surface area contributed by atoms with Crippen molar-refractivity contribution in [2.24, 2.45) is 63.1 Å². The minimum absolute atomic E-state index is 0.0631. The number of hydrogen-bond acceptors (Lipinski definition) is 11. The van der Waals surface area contributed by atoms with Crippen LogP contribution < -0.4 is 0 Å². The lowest BCUT2D eigenvalue weighted by atomic mass is 9.47. The fourth-order valence-electron chi connectivity index (χ4n) is 15.4. The Bertz CT molecular complexity index is 1530. The lowest BCUT2D eigenvalue weighted by Gasteiger charge is -2.65. The highest BCUT2D eigenvalue weighted by Gasteiger charge is 2.69. The van der Waals surface area contributed by atoms with Crippen molar-refractivity contribution in [3.8, 4) is 0 Å². The molecule has 2 N–H and O–H groups in total. The van der Waals surface area contributed by atoms with E-state index in [2.05, 4.69) is 0 Å². The molecule has 13 fully saturated rings. The number of halogens is 2. The third kappa shape index (κ3) is 5.50. The second-order valence-corrected chi connectivity index (χ2v) is 21.1. The van der Waals surface area contributed by atoms with Crippen LogP contribution in [0.3, 0.4) is 0 Å². The van der Waals surface area contributed by atoms with Crippen LogP contribution in [0.15, 0.2) is 0 Å². The first kappa shape index (κ1) is 36.1. The molecule has 0 amide bonds. The quantitative estimate of drug-likeness (QED) is 0.195. The second-order valence-electron chi connectivity index (χ2n) is 21.1. The second kappa shape index (κ2) is 11.5. The molecule has 6 atom stereocenters. The van der Waals surface area contributed by atoms with E-state index in [4.69, 9.17) is 23.7 Å². The summed E-state index contributed by atoms with van der Waals surface area (Å²) >= 11 is 0. The molecule has 0 aromatic rings. The van der Waals surface area contributed by atoms with E-state index in [0.29, 0.717) is 88.4 Å². The maximum Gasteiger partial charge on any atom is 0.384 e. The van der Waals surface area contributed by atoms with Crippen LogP contribution in [0, 0.1) is 63.1 Å². The van der Waals surface area contributed by atoms with Crippen LogP contribution in [-0.2, 0) is 42.9 Å². The topological polar surface area (TPSA) is 155 Å². The Morgan fingerprint density at radius 2 is 1.04 bits per heavy atom. The Labute approximate surface area is 313 Å². The van der Waals surface area contributed by atoms with Crippen LogP contribution in [0.25, 0.3) is 0 Å². The van der Waals surface area contributed by atoms with Crippen LogP contribution in [0.2, 0.25) is 0 Å². The molecule has 12 aliphatic carbocycles. The molecule has 0 radical (unpaired) electrons. The summed E-state index contributed by atoms with van der Waals surface area (Å²) in [6.45, 7) is 0.338. The van der Waals surface area contributed by atoms with E-state index >= 15 is 0 Å². The van der Waals surface area contributed by atoms with E-state index in [1.54, 1.807) is 0 Å². The van der Waals surface area contributed by atoms with Gasteiger partial charge in [0.05, 0.1) is 46.1 Å². The van der Waals surface area contributed by atoms with Crippen molar-refractivity contribution in [3.05, 3.63) is 0 Å². The molecule has 298 valence electrons. The summed E-state index contributed by atoms with van der Waals surface area (Å²) in [6.07, 6.45) is 11.0. The van der Waals surface area contributed by atoms with Gasteiger partial charge in [0.25, 0.3) is 0 Å². The lowest BCUT2D eigenvalue weighted by Crippen LogP contribution is -2.68. The van der Waals surface area contributed by atoms with Crippen molar-refractivity contribution in [2.45, 2.75) is 139 Å². The third-order valence-electron chi connectivity index (χ3n) is 16.5. The minimum atomic E-state index is -3.78. The molecule has 1 spiro atoms. The molecule has 13 heteroatoms. The summed E-state index contributed by atoms with van der Waals surface area (Å²) in [4.78, 5) is 53.5. The molecule has 1 aliphatic heterocycles. The smallest absolute Gasteiger partial charge is 0.384 e. The number of alkyl halides is 2. The molecule has 11 nitrogen and oxygen atoms in total. The van der Waals surface area contributed by atoms with Gasteiger partial charge in [-0.15, -0.1) is 0 Å². The molecule has 13 rings (SSSR count). The van der Waals surface area contributed by atoms with Gasteiger partial charge in [0.15, 0.2) is 5.79 Å². The highest BCUT2D eigenvalue weighted by Crippen LogP contribution is 2.67. The SMILES string of the molecule is CC(F)(F)C(=O)OC(=O)C12CC3CC(C1)C1(OCC(COC(=O)C45CC6CC(CC(O)(C6)C4)C5)(COC(=O)C45CC6CC(CC(O)(C6)C4)C5)CO1)C(C3)C2. The first-order valence-corrected chi connectivity index (χ1v) is 20.6. The normalized spacial score (nSPS) is 51.8. The van der Waals surface area contributed by atoms with Crippen LogP contribution in [0.5, 0.6) is 0 Å². The average molecular weight is 761 g/mol. The molecular weight excluding hydrogens is 706 g/mol. The van der Waals surface area contributed by atoms with Crippen LogP contribution in [-0.4, -0.2) is 83.4 Å². The zero-order valence-corrected chi connectivity index (χ0v) is 31.2. The van der Waals surface area contributed by atoms with E-state index in [0.717, 1.165) is 38.5 Å². The molecule has 1 saturated heterocycles. The Hall–Kier alpha value is -2.22. The first-order chi connectivity index (χ1) is 25.4. The van der Waals surface area contributed by atoms with E-state index in [-0.39, 0.29) is 69.0 Å². The molecule has 13 aliphatic rings. The van der Waals surface area contributed by atoms with E-state index in [1.165, 1.54) is 0 Å². The standard InChI is InChI=1S/C41H54F2O11/c1-34(42,43)30(44)54-33(47)36-6-23-4-28(15-36)41(29(5-23)16-36)52-21-35(22-53-41,19-50-31(45)37-7-24-2-25(8-37)12-39(48,11-24)17-37)20-51-32(46)38-9-26-3-27(10-38)14-40(49,13-26)18-38/h23-29,48-49H,2-22H2,1H3. The largest absolute Gasteiger partial charge is 0.464 e. The number of esters is 4. The summed E-state index contributed by atoms with van der Waals surface area (Å²) in [5.41, 5.74) is -5.25. The van der Waals surface area contributed by atoms with E-state index in [1.807, 2.05) is 0 Å². The Morgan fingerprint density at radius 1 is 0.611 bits per heavy atom. The first-order valence-electron chi connectivity index (χ1n) is 20.6. The number of rotatable bonds is 8. The maximum absolute atomic E-state index is 14.1. The number of hydrogen-bond donors (Lipinski definition) is 2. The van der Waals surface area contributed by atoms with Crippen molar-refractivity contribution < 1.29 is 61.9 Å². The monoisotopic (exact) mass is 760 g/mol. The van der Waals surface area contributed by atoms with Gasteiger partial charge < -0.3 is 33.9 Å². The van der Waals surface area contributed by atoms with Crippen molar-refractivity contribution in [1.29, 1.82) is 0 Å². The minimum Gasteiger partial charge on any atom is -0.464 e. The molecule has 0 aromatic heterocycles. The zero-order valence-electron chi connectivity index (χ0n) is 31.2. The molecule has 12 bridgehead atoms. The van der Waals surface area contributed by atoms with Gasteiger partial charge in [0, 0.05) is 18.8 Å². The van der Waals surface area contributed by atoms with Gasteiger partial charge in [-0.1, -0.05) is 0 Å². The van der Waals surface area contributed by atoms with Crippen LogP contribution >= 0.6 is 0 Å². The number of aliphatic hydroxyl groups is 2. The maximum atomic E-state index is 14.1. The predicted octanol–water partition coefficient (Wildman–Crippen LogP) is 5.02. The highest BCUT2D eigenvalue weighted by molar-refractivity contribution is 5.92. The summed E-state index contributed by atoms with van der Waals surface area (Å²) in [5.74, 6) is -7.45. The van der Waals surface area contributed by atoms with Crippen molar-refractivity contribution >= 4 is 23.9 Å². The third-order valence-corrected chi connectivity index (χ3v) is 16.5. The van der Waals surface area contributed by atoms with Gasteiger partial charge in [0.1, 0.15) is 13.2 Å². The predicted molar refractivity (Wildman–Crippen MR) is 181 cm³/mol. The lowest BCUT2D eigenvalue weighted by molar-refractivity contribution is -0.391. The van der Waals surface area contributed by atoms with Gasteiger partial charge in [-0.25, -0.2) is 4.79 Å². The highest BCUT2D eigenvalue weighted by atomic mass is 19.3. The Balaban J connectivity index is 0.874. The van der Waals surface area contributed by atoms with Gasteiger partial charge in [-0.2, -0.15) is 8.78 Å². The fourth-order valence-corrected chi connectivity index (χ4v) is 15.4. The summed E-state index contributed by atoms with van der Waals surface area (Å²) < 4.78 is 58.2. The van der Waals surface area contributed by atoms with Crippen molar-refractivity contribution in [1.82, 2.24) is 0 Å². The van der Waals surface area contributed by atoms with E-state index in [9.17, 15) is 38.2 Å².